The molecule has 0 saturated heterocycles. The largest absolute Gasteiger partial charge is 0.493 e. The van der Waals surface area contributed by atoms with Gasteiger partial charge in [0.15, 0.2) is 23.1 Å². The van der Waals surface area contributed by atoms with Gasteiger partial charge in [-0.2, -0.15) is 0 Å². The minimum atomic E-state index is -0.515. The van der Waals surface area contributed by atoms with Crippen molar-refractivity contribution in [1.29, 1.82) is 0 Å². The number of unbranched alkanes of at least 4 members (excludes halogenated alkanes) is 2. The van der Waals surface area contributed by atoms with Gasteiger partial charge in [0.05, 0.1) is 7.11 Å². The van der Waals surface area contributed by atoms with Gasteiger partial charge in [0.2, 0.25) is 0 Å². The molecule has 1 aliphatic heterocycles. The molecule has 0 N–H and O–H groups in total. The number of ether oxygens (including phenoxy) is 3. The molecule has 6 heteroatoms. The number of hydrogen-bond acceptors (Lipinski definition) is 6. The van der Waals surface area contributed by atoms with Gasteiger partial charge in [-0.05, 0) is 34.9 Å². The zero-order valence-corrected chi connectivity index (χ0v) is 22.4. The molecule has 0 fully saturated rings. The number of rotatable bonds is 7. The van der Waals surface area contributed by atoms with Crippen LogP contribution in [0.25, 0.3) is 0 Å². The fourth-order valence-electron chi connectivity index (χ4n) is 5.65. The topological polar surface area (TPSA) is 78.9 Å². The third-order valence-corrected chi connectivity index (χ3v) is 7.31. The van der Waals surface area contributed by atoms with Gasteiger partial charge in [-0.15, -0.1) is 0 Å². The molecular formula is C30H38O6. The number of ketones is 2. The number of benzene rings is 1. The third-order valence-electron chi connectivity index (χ3n) is 7.31. The van der Waals surface area contributed by atoms with Crippen molar-refractivity contribution in [2.45, 2.75) is 91.9 Å². The molecule has 0 atom stereocenters. The van der Waals surface area contributed by atoms with Crippen molar-refractivity contribution < 1.29 is 28.6 Å². The van der Waals surface area contributed by atoms with Crippen molar-refractivity contribution in [1.82, 2.24) is 0 Å². The van der Waals surface area contributed by atoms with Crippen molar-refractivity contribution in [3.63, 3.8) is 0 Å². The lowest BCUT2D eigenvalue weighted by molar-refractivity contribution is -0.134. The Morgan fingerprint density at radius 1 is 0.917 bits per heavy atom. The molecule has 2 aliphatic carbocycles. The minimum Gasteiger partial charge on any atom is -0.493 e. The Balaban J connectivity index is 1.76. The fourth-order valence-corrected chi connectivity index (χ4v) is 5.65. The summed E-state index contributed by atoms with van der Waals surface area (Å²) in [6.07, 6.45) is 5.21. The van der Waals surface area contributed by atoms with E-state index in [1.54, 1.807) is 12.1 Å². The Kier molecular flexibility index (Phi) is 7.18. The second kappa shape index (κ2) is 9.87. The summed E-state index contributed by atoms with van der Waals surface area (Å²) in [6.45, 7) is 10.4. The average Bonchev–Trinajstić information content (AvgIpc) is 2.76. The highest BCUT2D eigenvalue weighted by Gasteiger charge is 2.47. The first-order chi connectivity index (χ1) is 16.9. The number of esters is 1. The summed E-state index contributed by atoms with van der Waals surface area (Å²) in [5.74, 6) is 1.31. The molecule has 0 spiro atoms. The van der Waals surface area contributed by atoms with Crippen LogP contribution in [0, 0.1) is 10.8 Å². The fraction of sp³-hybridized carbons (Fsp3) is 0.567. The van der Waals surface area contributed by atoms with Crippen LogP contribution >= 0.6 is 0 Å². The Bertz CT molecular complexity index is 1100. The molecule has 0 amide bonds. The summed E-state index contributed by atoms with van der Waals surface area (Å²) in [6, 6.07) is 5.33. The third kappa shape index (κ3) is 5.28. The molecule has 0 unspecified atom stereocenters. The number of methoxy groups -OCH3 is 1. The van der Waals surface area contributed by atoms with Crippen molar-refractivity contribution in [2.24, 2.45) is 10.8 Å². The van der Waals surface area contributed by atoms with E-state index >= 15 is 0 Å². The first kappa shape index (κ1) is 26.2. The molecule has 0 saturated carbocycles. The van der Waals surface area contributed by atoms with Crippen molar-refractivity contribution in [3.8, 4) is 11.5 Å². The highest BCUT2D eigenvalue weighted by Crippen LogP contribution is 2.53. The highest BCUT2D eigenvalue weighted by atomic mass is 16.6. The average molecular weight is 495 g/mol. The van der Waals surface area contributed by atoms with Crippen molar-refractivity contribution in [2.75, 3.05) is 7.11 Å². The number of carbonyl (C=O) groups is 3. The Labute approximate surface area is 214 Å². The van der Waals surface area contributed by atoms with Crippen molar-refractivity contribution >= 4 is 17.5 Å². The standard InChI is InChI=1S/C30H38O6/c1-7-8-9-10-25(33)36-21-12-11-18(13-22(21)34-6)26-27-19(31)14-29(2,3)16-23(27)35-24-17-30(4,5)15-20(32)28(24)26/h11-13,26H,7-10,14-17H2,1-6H3. The highest BCUT2D eigenvalue weighted by molar-refractivity contribution is 6.06. The second-order valence-corrected chi connectivity index (χ2v) is 11.9. The number of hydrogen-bond donors (Lipinski definition) is 0. The molecule has 1 heterocycles. The summed E-state index contributed by atoms with van der Waals surface area (Å²) in [5.41, 5.74) is 1.50. The molecule has 0 radical (unpaired) electrons. The summed E-state index contributed by atoms with van der Waals surface area (Å²) in [4.78, 5) is 39.2. The van der Waals surface area contributed by atoms with E-state index in [0.717, 1.165) is 24.8 Å². The maximum Gasteiger partial charge on any atom is 0.311 e. The minimum absolute atomic E-state index is 0.0147. The van der Waals surface area contributed by atoms with Gasteiger partial charge in [-0.1, -0.05) is 53.5 Å². The Morgan fingerprint density at radius 2 is 1.50 bits per heavy atom. The maximum atomic E-state index is 13.5. The lowest BCUT2D eigenvalue weighted by atomic mass is 9.65. The van der Waals surface area contributed by atoms with Crippen LogP contribution in [-0.2, 0) is 19.1 Å². The zero-order chi connectivity index (χ0) is 26.3. The Hall–Kier alpha value is -2.89. The molecule has 3 aliphatic rings. The van der Waals surface area contributed by atoms with E-state index in [1.807, 2.05) is 6.07 Å². The second-order valence-electron chi connectivity index (χ2n) is 11.9. The first-order valence-corrected chi connectivity index (χ1v) is 13.0. The van der Waals surface area contributed by atoms with E-state index in [1.165, 1.54) is 7.11 Å². The van der Waals surface area contributed by atoms with Crippen LogP contribution in [0.15, 0.2) is 40.9 Å². The number of allylic oxidation sites excluding steroid dienone is 4. The van der Waals surface area contributed by atoms with Gasteiger partial charge < -0.3 is 14.2 Å². The van der Waals surface area contributed by atoms with Crippen molar-refractivity contribution in [3.05, 3.63) is 46.4 Å². The van der Waals surface area contributed by atoms with E-state index in [9.17, 15) is 14.4 Å². The molecule has 0 bridgehead atoms. The SMILES string of the molecule is CCCCCC(=O)Oc1ccc(C2C3=C(CC(C)(C)CC3=O)OC3=C2C(=O)CC(C)(C)C3)cc1OC. The van der Waals surface area contributed by atoms with E-state index in [2.05, 4.69) is 34.6 Å². The van der Waals surface area contributed by atoms with Gasteiger partial charge in [-0.3, -0.25) is 14.4 Å². The van der Waals surface area contributed by atoms with Crippen LogP contribution in [0.4, 0.5) is 0 Å². The Morgan fingerprint density at radius 3 is 2.03 bits per heavy atom. The van der Waals surface area contributed by atoms with Gasteiger partial charge in [-0.25, -0.2) is 0 Å². The molecule has 194 valence electrons. The van der Waals surface area contributed by atoms with Crippen LogP contribution in [0.5, 0.6) is 11.5 Å². The molecule has 4 rings (SSSR count). The summed E-state index contributed by atoms with van der Waals surface area (Å²) in [7, 11) is 1.52. The van der Waals surface area contributed by atoms with Gasteiger partial charge in [0.25, 0.3) is 0 Å². The van der Waals surface area contributed by atoms with E-state index in [-0.39, 0.29) is 28.4 Å². The molecular weight excluding hydrogens is 456 g/mol. The predicted molar refractivity (Wildman–Crippen MR) is 137 cm³/mol. The van der Waals surface area contributed by atoms with Crippen LogP contribution in [0.3, 0.4) is 0 Å². The number of Topliss-reactive ketones (excluding diaryl/α,β-unsaturated/α-hetero) is 2. The van der Waals surface area contributed by atoms with E-state index in [4.69, 9.17) is 14.2 Å². The predicted octanol–water partition coefficient (Wildman–Crippen LogP) is 6.58. The number of carbonyl (C=O) groups excluding carboxylic acids is 3. The lowest BCUT2D eigenvalue weighted by Crippen LogP contribution is -2.37. The summed E-state index contributed by atoms with van der Waals surface area (Å²) in [5, 5.41) is 0. The van der Waals surface area contributed by atoms with Crippen LogP contribution in [0.1, 0.15) is 97.5 Å². The van der Waals surface area contributed by atoms with Gasteiger partial charge in [0, 0.05) is 49.2 Å². The van der Waals surface area contributed by atoms with Crippen LogP contribution in [0.2, 0.25) is 0 Å². The smallest absolute Gasteiger partial charge is 0.311 e. The van der Waals surface area contributed by atoms with Gasteiger partial charge >= 0.3 is 5.97 Å². The maximum absolute atomic E-state index is 13.5. The zero-order valence-electron chi connectivity index (χ0n) is 22.4. The molecule has 1 aromatic carbocycles. The normalized spacial score (nSPS) is 21.1. The summed E-state index contributed by atoms with van der Waals surface area (Å²) >= 11 is 0. The molecule has 1 aromatic rings. The van der Waals surface area contributed by atoms with Crippen LogP contribution in [-0.4, -0.2) is 24.6 Å². The monoisotopic (exact) mass is 494 g/mol. The van der Waals surface area contributed by atoms with E-state index < -0.39 is 5.92 Å². The van der Waals surface area contributed by atoms with Gasteiger partial charge in [0.1, 0.15) is 11.5 Å². The molecule has 0 aromatic heterocycles. The molecule has 36 heavy (non-hydrogen) atoms. The molecule has 6 nitrogen and oxygen atoms in total. The summed E-state index contributed by atoms with van der Waals surface area (Å²) < 4.78 is 17.5. The quantitative estimate of drug-likeness (QED) is 0.242. The first-order valence-electron chi connectivity index (χ1n) is 13.0. The van der Waals surface area contributed by atoms with E-state index in [0.29, 0.717) is 66.3 Å². The lowest BCUT2D eigenvalue weighted by Gasteiger charge is -2.42. The van der Waals surface area contributed by atoms with Crippen LogP contribution < -0.4 is 9.47 Å².